The third kappa shape index (κ3) is 5.47. The van der Waals surface area contributed by atoms with E-state index in [0.29, 0.717) is 10.2 Å². The molecular formula is C10H15BrN2O4S2. The van der Waals surface area contributed by atoms with E-state index in [1.54, 1.807) is 6.07 Å². The molecule has 0 aromatic heterocycles. The van der Waals surface area contributed by atoms with E-state index in [9.17, 15) is 16.8 Å². The van der Waals surface area contributed by atoms with Gasteiger partial charge in [0.1, 0.15) is 0 Å². The van der Waals surface area contributed by atoms with E-state index in [0.717, 1.165) is 0 Å². The Morgan fingerprint density at radius 2 is 1.63 bits per heavy atom. The van der Waals surface area contributed by atoms with Gasteiger partial charge in [-0.05, 0) is 47.0 Å². The SMILES string of the molecule is Nc1cc(S(=O)(=O)CCCCS(N)(=O)=O)ccc1Br. The second-order valence-electron chi connectivity index (χ2n) is 4.08. The fourth-order valence-corrected chi connectivity index (χ4v) is 3.68. The molecular weight excluding hydrogens is 356 g/mol. The molecule has 0 amide bonds. The Bertz CT molecular complexity index is 656. The monoisotopic (exact) mass is 370 g/mol. The minimum Gasteiger partial charge on any atom is -0.398 e. The molecule has 1 aromatic rings. The molecule has 0 heterocycles. The van der Waals surface area contributed by atoms with Crippen molar-refractivity contribution in [3.05, 3.63) is 22.7 Å². The maximum atomic E-state index is 12.0. The van der Waals surface area contributed by atoms with Crippen molar-refractivity contribution in [1.82, 2.24) is 0 Å². The molecule has 9 heteroatoms. The summed E-state index contributed by atoms with van der Waals surface area (Å²) in [6.07, 6.45) is 0.443. The second kappa shape index (κ2) is 6.21. The Balaban J connectivity index is 2.68. The zero-order valence-corrected chi connectivity index (χ0v) is 13.3. The van der Waals surface area contributed by atoms with Gasteiger partial charge in [0.25, 0.3) is 0 Å². The molecule has 0 saturated carbocycles. The summed E-state index contributed by atoms with van der Waals surface area (Å²) in [5.41, 5.74) is 5.96. The fraction of sp³-hybridized carbons (Fsp3) is 0.400. The lowest BCUT2D eigenvalue weighted by atomic mass is 10.3. The molecule has 0 aliphatic rings. The third-order valence-corrected chi connectivity index (χ3v) is 5.80. The normalized spacial score (nSPS) is 12.5. The van der Waals surface area contributed by atoms with E-state index in [1.807, 2.05) is 0 Å². The van der Waals surface area contributed by atoms with Gasteiger partial charge in [0.2, 0.25) is 10.0 Å². The highest BCUT2D eigenvalue weighted by Gasteiger charge is 2.15. The largest absolute Gasteiger partial charge is 0.398 e. The van der Waals surface area contributed by atoms with E-state index in [4.69, 9.17) is 10.9 Å². The number of rotatable bonds is 6. The van der Waals surface area contributed by atoms with E-state index in [2.05, 4.69) is 15.9 Å². The first-order valence-electron chi connectivity index (χ1n) is 5.40. The third-order valence-electron chi connectivity index (χ3n) is 2.42. The molecule has 19 heavy (non-hydrogen) atoms. The number of anilines is 1. The highest BCUT2D eigenvalue weighted by Crippen LogP contribution is 2.23. The van der Waals surface area contributed by atoms with Crippen LogP contribution in [0.2, 0.25) is 0 Å². The maximum absolute atomic E-state index is 12.0. The lowest BCUT2D eigenvalue weighted by Crippen LogP contribution is -2.17. The van der Waals surface area contributed by atoms with Crippen LogP contribution in [0.5, 0.6) is 0 Å². The van der Waals surface area contributed by atoms with Gasteiger partial charge in [-0.3, -0.25) is 0 Å². The quantitative estimate of drug-likeness (QED) is 0.568. The first kappa shape index (κ1) is 16.4. The summed E-state index contributed by atoms with van der Waals surface area (Å²) in [6.45, 7) is 0. The molecule has 0 atom stereocenters. The van der Waals surface area contributed by atoms with Crippen molar-refractivity contribution in [2.24, 2.45) is 5.14 Å². The molecule has 4 N–H and O–H groups in total. The highest BCUT2D eigenvalue weighted by atomic mass is 79.9. The van der Waals surface area contributed by atoms with Crippen molar-refractivity contribution in [1.29, 1.82) is 0 Å². The molecule has 0 saturated heterocycles. The Morgan fingerprint density at radius 3 is 2.16 bits per heavy atom. The number of primary sulfonamides is 1. The van der Waals surface area contributed by atoms with Crippen LogP contribution in [0.15, 0.2) is 27.6 Å². The molecule has 0 unspecified atom stereocenters. The standard InChI is InChI=1S/C10H15BrN2O4S2/c11-9-4-3-8(7-10(9)12)18(14,15)5-1-2-6-19(13,16)17/h3-4,7H,1-2,5-6,12H2,(H2,13,16,17). The molecule has 108 valence electrons. The van der Waals surface area contributed by atoms with Gasteiger partial charge in [0.05, 0.1) is 16.4 Å². The van der Waals surface area contributed by atoms with Crippen LogP contribution in [0.4, 0.5) is 5.69 Å². The summed E-state index contributed by atoms with van der Waals surface area (Å²) < 4.78 is 46.0. The van der Waals surface area contributed by atoms with E-state index in [1.165, 1.54) is 12.1 Å². The summed E-state index contributed by atoms with van der Waals surface area (Å²) in [7, 11) is -6.99. The van der Waals surface area contributed by atoms with Crippen LogP contribution in [0.3, 0.4) is 0 Å². The topological polar surface area (TPSA) is 120 Å². The Morgan fingerprint density at radius 1 is 1.05 bits per heavy atom. The molecule has 0 radical (unpaired) electrons. The Kier molecular flexibility index (Phi) is 5.36. The predicted octanol–water partition coefficient (Wildman–Crippen LogP) is 0.874. The minimum absolute atomic E-state index is 0.129. The Hall–Kier alpha value is -0.640. The van der Waals surface area contributed by atoms with Gasteiger partial charge in [-0.2, -0.15) is 0 Å². The van der Waals surface area contributed by atoms with Gasteiger partial charge >= 0.3 is 0 Å². The maximum Gasteiger partial charge on any atom is 0.209 e. The molecule has 0 spiro atoms. The molecule has 0 aliphatic heterocycles. The summed E-state index contributed by atoms with van der Waals surface area (Å²) in [4.78, 5) is 0.129. The first-order chi connectivity index (χ1) is 8.62. The summed E-state index contributed by atoms with van der Waals surface area (Å²) >= 11 is 3.18. The predicted molar refractivity (Wildman–Crippen MR) is 77.8 cm³/mol. The van der Waals surface area contributed by atoms with E-state index in [-0.39, 0.29) is 29.2 Å². The van der Waals surface area contributed by atoms with E-state index < -0.39 is 19.9 Å². The van der Waals surface area contributed by atoms with Crippen LogP contribution in [-0.2, 0) is 19.9 Å². The lowest BCUT2D eigenvalue weighted by molar-refractivity contribution is 0.586. The van der Waals surface area contributed by atoms with Crippen molar-refractivity contribution in [2.45, 2.75) is 17.7 Å². The van der Waals surface area contributed by atoms with Gasteiger partial charge in [0, 0.05) is 10.2 Å². The van der Waals surface area contributed by atoms with Crippen LogP contribution in [0.25, 0.3) is 0 Å². The van der Waals surface area contributed by atoms with Crippen molar-refractivity contribution >= 4 is 41.5 Å². The molecule has 6 nitrogen and oxygen atoms in total. The van der Waals surface area contributed by atoms with Crippen LogP contribution in [-0.4, -0.2) is 28.3 Å². The van der Waals surface area contributed by atoms with Crippen molar-refractivity contribution in [3.63, 3.8) is 0 Å². The van der Waals surface area contributed by atoms with Gasteiger partial charge in [-0.25, -0.2) is 22.0 Å². The number of hydrogen-bond donors (Lipinski definition) is 2. The lowest BCUT2D eigenvalue weighted by Gasteiger charge is -2.06. The van der Waals surface area contributed by atoms with Crippen molar-refractivity contribution in [3.8, 4) is 0 Å². The van der Waals surface area contributed by atoms with Crippen LogP contribution < -0.4 is 10.9 Å². The number of hydrogen-bond acceptors (Lipinski definition) is 5. The number of sulfonamides is 1. The summed E-state index contributed by atoms with van der Waals surface area (Å²) in [5, 5.41) is 4.83. The number of sulfone groups is 1. The second-order valence-corrected chi connectivity index (χ2v) is 8.77. The van der Waals surface area contributed by atoms with Crippen LogP contribution >= 0.6 is 15.9 Å². The molecule has 0 fully saturated rings. The number of nitrogens with two attached hydrogens (primary N) is 2. The number of nitrogen functional groups attached to an aromatic ring is 1. The van der Waals surface area contributed by atoms with Gasteiger partial charge in [-0.1, -0.05) is 0 Å². The minimum atomic E-state index is -3.54. The van der Waals surface area contributed by atoms with Crippen molar-refractivity contribution < 1.29 is 16.8 Å². The smallest absolute Gasteiger partial charge is 0.209 e. The number of benzene rings is 1. The molecule has 1 aromatic carbocycles. The molecule has 0 bridgehead atoms. The van der Waals surface area contributed by atoms with Crippen molar-refractivity contribution in [2.75, 3.05) is 17.2 Å². The Labute approximate surface area is 121 Å². The van der Waals surface area contributed by atoms with E-state index >= 15 is 0 Å². The van der Waals surface area contributed by atoms with Crippen LogP contribution in [0, 0.1) is 0 Å². The fourth-order valence-electron chi connectivity index (χ4n) is 1.43. The first-order valence-corrected chi connectivity index (χ1v) is 9.56. The zero-order chi connectivity index (χ0) is 14.7. The number of halogens is 1. The van der Waals surface area contributed by atoms with Crippen LogP contribution in [0.1, 0.15) is 12.8 Å². The summed E-state index contributed by atoms with van der Waals surface area (Å²) in [6, 6.07) is 4.39. The summed E-state index contributed by atoms with van der Waals surface area (Å²) in [5.74, 6) is -0.353. The molecule has 0 aliphatic carbocycles. The molecule has 1 rings (SSSR count). The van der Waals surface area contributed by atoms with Gasteiger partial charge in [0.15, 0.2) is 9.84 Å². The number of unbranched alkanes of at least 4 members (excludes halogenated alkanes) is 1. The average molecular weight is 371 g/mol. The highest BCUT2D eigenvalue weighted by molar-refractivity contribution is 9.10. The van der Waals surface area contributed by atoms with Gasteiger partial charge < -0.3 is 5.73 Å². The average Bonchev–Trinajstić information content (AvgIpc) is 2.27. The zero-order valence-electron chi connectivity index (χ0n) is 10.0. The van der Waals surface area contributed by atoms with Gasteiger partial charge in [-0.15, -0.1) is 0 Å².